The molecule has 1 atom stereocenters. The molecule has 0 aliphatic carbocycles. The van der Waals surface area contributed by atoms with Crippen LogP contribution in [-0.4, -0.2) is 37.6 Å². The minimum Gasteiger partial charge on any atom is -0.314 e. The maximum atomic E-state index is 3.47. The predicted molar refractivity (Wildman–Crippen MR) is 68.9 cm³/mol. The lowest BCUT2D eigenvalue weighted by molar-refractivity contribution is 0.199. The fraction of sp³-hybridized carbons (Fsp3) is 0.571. The molecular formula is C14H22N2. The Balaban J connectivity index is 2.07. The maximum absolute atomic E-state index is 3.47. The second kappa shape index (κ2) is 4.98. The maximum Gasteiger partial charge on any atom is 0.0258 e. The minimum absolute atomic E-state index is 0.648. The molecule has 1 N–H and O–H groups in total. The van der Waals surface area contributed by atoms with Crippen LogP contribution in [0.15, 0.2) is 18.2 Å². The zero-order valence-corrected chi connectivity index (χ0v) is 10.6. The number of aryl methyl sites for hydroxylation is 2. The normalized spacial score (nSPS) is 22.3. The Morgan fingerprint density at radius 3 is 2.88 bits per heavy atom. The SMILES string of the molecule is Cc1ccc(CC2CNCCN2C)c(C)c1. The third-order valence-electron chi connectivity index (χ3n) is 3.60. The van der Waals surface area contributed by atoms with Gasteiger partial charge in [0.1, 0.15) is 0 Å². The van der Waals surface area contributed by atoms with Crippen molar-refractivity contribution in [2.45, 2.75) is 26.3 Å². The van der Waals surface area contributed by atoms with Crippen molar-refractivity contribution >= 4 is 0 Å². The molecule has 2 rings (SSSR count). The molecule has 1 saturated heterocycles. The molecule has 1 aliphatic rings. The molecule has 0 bridgehead atoms. The topological polar surface area (TPSA) is 15.3 Å². The molecule has 1 aromatic rings. The monoisotopic (exact) mass is 218 g/mol. The highest BCUT2D eigenvalue weighted by molar-refractivity contribution is 5.31. The van der Waals surface area contributed by atoms with E-state index in [-0.39, 0.29) is 0 Å². The summed E-state index contributed by atoms with van der Waals surface area (Å²) in [5.41, 5.74) is 4.28. The highest BCUT2D eigenvalue weighted by Crippen LogP contribution is 2.15. The molecule has 88 valence electrons. The van der Waals surface area contributed by atoms with Crippen molar-refractivity contribution < 1.29 is 0 Å². The summed E-state index contributed by atoms with van der Waals surface area (Å²) in [6, 6.07) is 7.44. The molecule has 0 amide bonds. The first-order valence-electron chi connectivity index (χ1n) is 6.14. The van der Waals surface area contributed by atoms with Gasteiger partial charge in [-0.05, 0) is 38.4 Å². The van der Waals surface area contributed by atoms with Crippen LogP contribution in [0.2, 0.25) is 0 Å². The molecule has 16 heavy (non-hydrogen) atoms. The molecule has 1 aliphatic heterocycles. The molecule has 0 aromatic heterocycles. The van der Waals surface area contributed by atoms with Crippen LogP contribution in [0.25, 0.3) is 0 Å². The summed E-state index contributed by atoms with van der Waals surface area (Å²) in [7, 11) is 2.23. The van der Waals surface area contributed by atoms with Gasteiger partial charge in [0.15, 0.2) is 0 Å². The van der Waals surface area contributed by atoms with E-state index in [2.05, 4.69) is 49.3 Å². The summed E-state index contributed by atoms with van der Waals surface area (Å²) >= 11 is 0. The molecule has 1 aromatic carbocycles. The van der Waals surface area contributed by atoms with Crippen molar-refractivity contribution in [1.82, 2.24) is 10.2 Å². The van der Waals surface area contributed by atoms with E-state index in [0.717, 1.165) is 26.1 Å². The molecule has 0 saturated carbocycles. The van der Waals surface area contributed by atoms with E-state index in [1.165, 1.54) is 16.7 Å². The highest BCUT2D eigenvalue weighted by atomic mass is 15.2. The number of hydrogen-bond donors (Lipinski definition) is 1. The average Bonchev–Trinajstić information content (AvgIpc) is 2.25. The molecule has 1 unspecified atom stereocenters. The summed E-state index contributed by atoms with van der Waals surface area (Å²) in [6.45, 7) is 7.78. The Morgan fingerprint density at radius 2 is 2.19 bits per heavy atom. The van der Waals surface area contributed by atoms with Gasteiger partial charge in [-0.3, -0.25) is 0 Å². The van der Waals surface area contributed by atoms with Crippen molar-refractivity contribution in [3.8, 4) is 0 Å². The Labute approximate surface area is 98.7 Å². The molecule has 2 heteroatoms. The third-order valence-corrected chi connectivity index (χ3v) is 3.60. The van der Waals surface area contributed by atoms with Crippen molar-refractivity contribution in [1.29, 1.82) is 0 Å². The van der Waals surface area contributed by atoms with E-state index in [4.69, 9.17) is 0 Å². The van der Waals surface area contributed by atoms with Gasteiger partial charge in [0.05, 0.1) is 0 Å². The Hall–Kier alpha value is -0.860. The average molecular weight is 218 g/mol. The van der Waals surface area contributed by atoms with E-state index in [1.54, 1.807) is 0 Å². The van der Waals surface area contributed by atoms with E-state index in [9.17, 15) is 0 Å². The van der Waals surface area contributed by atoms with Crippen LogP contribution < -0.4 is 5.32 Å². The van der Waals surface area contributed by atoms with Crippen molar-refractivity contribution in [2.75, 3.05) is 26.7 Å². The number of likely N-dealkylation sites (N-methyl/N-ethyl adjacent to an activating group) is 1. The van der Waals surface area contributed by atoms with Crippen LogP contribution in [0.4, 0.5) is 0 Å². The summed E-state index contributed by atoms with van der Waals surface area (Å²) in [4.78, 5) is 2.47. The fourth-order valence-electron chi connectivity index (χ4n) is 2.42. The van der Waals surface area contributed by atoms with Gasteiger partial charge in [-0.2, -0.15) is 0 Å². The lowest BCUT2D eigenvalue weighted by Crippen LogP contribution is -2.50. The first-order chi connectivity index (χ1) is 7.66. The Bertz CT molecular complexity index is 360. The van der Waals surface area contributed by atoms with Crippen LogP contribution >= 0.6 is 0 Å². The molecule has 0 spiro atoms. The lowest BCUT2D eigenvalue weighted by atomic mass is 9.98. The summed E-state index contributed by atoms with van der Waals surface area (Å²) < 4.78 is 0. The largest absolute Gasteiger partial charge is 0.314 e. The van der Waals surface area contributed by atoms with E-state index >= 15 is 0 Å². The lowest BCUT2D eigenvalue weighted by Gasteiger charge is -2.33. The standard InChI is InChI=1S/C14H22N2/c1-11-4-5-13(12(2)8-11)9-14-10-15-6-7-16(14)3/h4-5,8,14-15H,6-7,9-10H2,1-3H3. The molecular weight excluding hydrogens is 196 g/mol. The number of rotatable bonds is 2. The van der Waals surface area contributed by atoms with Gasteiger partial charge in [-0.25, -0.2) is 0 Å². The van der Waals surface area contributed by atoms with Crippen molar-refractivity contribution in [3.05, 3.63) is 34.9 Å². The first kappa shape index (κ1) is 11.6. The molecule has 0 radical (unpaired) electrons. The first-order valence-corrected chi connectivity index (χ1v) is 6.14. The zero-order chi connectivity index (χ0) is 11.5. The van der Waals surface area contributed by atoms with Crippen LogP contribution in [0.3, 0.4) is 0 Å². The van der Waals surface area contributed by atoms with Gasteiger partial charge in [-0.15, -0.1) is 0 Å². The van der Waals surface area contributed by atoms with Crippen molar-refractivity contribution in [3.63, 3.8) is 0 Å². The number of piperazine rings is 1. The number of nitrogens with zero attached hydrogens (tertiary/aromatic N) is 1. The van der Waals surface area contributed by atoms with Crippen LogP contribution in [0, 0.1) is 13.8 Å². The summed E-state index contributed by atoms with van der Waals surface area (Å²) in [6.07, 6.45) is 1.16. The van der Waals surface area contributed by atoms with Gasteiger partial charge in [0.25, 0.3) is 0 Å². The number of benzene rings is 1. The van der Waals surface area contributed by atoms with Gasteiger partial charge < -0.3 is 10.2 Å². The van der Waals surface area contributed by atoms with Crippen molar-refractivity contribution in [2.24, 2.45) is 0 Å². The smallest absolute Gasteiger partial charge is 0.0258 e. The fourth-order valence-corrected chi connectivity index (χ4v) is 2.42. The Morgan fingerprint density at radius 1 is 1.38 bits per heavy atom. The predicted octanol–water partition coefficient (Wildman–Crippen LogP) is 1.75. The second-order valence-corrected chi connectivity index (χ2v) is 4.97. The number of nitrogens with one attached hydrogen (secondary N) is 1. The van der Waals surface area contributed by atoms with Crippen LogP contribution in [0.5, 0.6) is 0 Å². The highest BCUT2D eigenvalue weighted by Gasteiger charge is 2.19. The minimum atomic E-state index is 0.648. The van der Waals surface area contributed by atoms with E-state index in [1.807, 2.05) is 0 Å². The zero-order valence-electron chi connectivity index (χ0n) is 10.6. The third kappa shape index (κ3) is 2.63. The Kier molecular flexibility index (Phi) is 3.62. The second-order valence-electron chi connectivity index (χ2n) is 4.97. The van der Waals surface area contributed by atoms with Gasteiger partial charge >= 0.3 is 0 Å². The molecule has 2 nitrogen and oxygen atoms in total. The van der Waals surface area contributed by atoms with Crippen LogP contribution in [0.1, 0.15) is 16.7 Å². The quantitative estimate of drug-likeness (QED) is 0.813. The van der Waals surface area contributed by atoms with Gasteiger partial charge in [0.2, 0.25) is 0 Å². The van der Waals surface area contributed by atoms with E-state index < -0.39 is 0 Å². The van der Waals surface area contributed by atoms with E-state index in [0.29, 0.717) is 6.04 Å². The molecule has 1 fully saturated rings. The molecule has 1 heterocycles. The van der Waals surface area contributed by atoms with Crippen LogP contribution in [-0.2, 0) is 6.42 Å². The van der Waals surface area contributed by atoms with Gasteiger partial charge in [0, 0.05) is 25.7 Å². The van der Waals surface area contributed by atoms with Gasteiger partial charge in [-0.1, -0.05) is 23.8 Å². The summed E-state index contributed by atoms with van der Waals surface area (Å²) in [5, 5.41) is 3.47. The summed E-state index contributed by atoms with van der Waals surface area (Å²) in [5.74, 6) is 0. The number of hydrogen-bond acceptors (Lipinski definition) is 2.